The fourth-order valence-electron chi connectivity index (χ4n) is 0.796. The van der Waals surface area contributed by atoms with Crippen LogP contribution in [0, 0.1) is 0 Å². The van der Waals surface area contributed by atoms with Crippen LogP contribution in [0.1, 0.15) is 19.8 Å². The van der Waals surface area contributed by atoms with Gasteiger partial charge in [-0.3, -0.25) is 9.59 Å². The van der Waals surface area contributed by atoms with E-state index in [-0.39, 0.29) is 6.54 Å². The van der Waals surface area contributed by atoms with Gasteiger partial charge in [0.1, 0.15) is 0 Å². The Bertz CT molecular complexity index is 338. The molecule has 0 spiro atoms. The smallest absolute Gasteiger partial charge is 0.304 e. The predicted octanol–water partition coefficient (Wildman–Crippen LogP) is -1.09. The third-order valence-corrected chi connectivity index (χ3v) is 2.94. The second-order valence-corrected chi connectivity index (χ2v) is 5.06. The maximum Gasteiger partial charge on any atom is 0.304 e. The second-order valence-electron chi connectivity index (χ2n) is 3.13. The minimum absolute atomic E-state index is 0.359. The molecule has 0 aliphatic rings. The first-order valence-electron chi connectivity index (χ1n) is 4.83. The first kappa shape index (κ1) is 14.8. The van der Waals surface area contributed by atoms with Crippen LogP contribution in [-0.4, -0.2) is 44.2 Å². The van der Waals surface area contributed by atoms with E-state index in [4.69, 9.17) is 5.11 Å². The Morgan fingerprint density at radius 1 is 1.31 bits per heavy atom. The number of nitrogens with one attached hydrogen (secondary N) is 2. The van der Waals surface area contributed by atoms with E-state index in [1.165, 1.54) is 0 Å². The van der Waals surface area contributed by atoms with Crippen LogP contribution in [0.5, 0.6) is 0 Å². The number of sulfonamides is 1. The normalized spacial score (nSPS) is 11.1. The molecule has 1 amide bonds. The minimum Gasteiger partial charge on any atom is -0.481 e. The van der Waals surface area contributed by atoms with Crippen molar-refractivity contribution in [1.82, 2.24) is 10.0 Å². The molecule has 0 heterocycles. The molecule has 0 saturated carbocycles. The van der Waals surface area contributed by atoms with Gasteiger partial charge >= 0.3 is 5.97 Å². The number of carbonyl (C=O) groups is 2. The molecule has 0 saturated heterocycles. The highest BCUT2D eigenvalue weighted by atomic mass is 32.2. The Hall–Kier alpha value is -1.15. The molecular formula is C8H16N2O5S. The van der Waals surface area contributed by atoms with E-state index in [1.807, 2.05) is 11.6 Å². The molecule has 0 rings (SSSR count). The van der Waals surface area contributed by atoms with Crippen molar-refractivity contribution in [2.45, 2.75) is 19.8 Å². The van der Waals surface area contributed by atoms with Crippen LogP contribution in [0.15, 0.2) is 0 Å². The van der Waals surface area contributed by atoms with Gasteiger partial charge in [0.15, 0.2) is 0 Å². The summed E-state index contributed by atoms with van der Waals surface area (Å²) in [5, 5.41) is 10.8. The highest BCUT2D eigenvalue weighted by Gasteiger charge is 2.13. The molecule has 0 atom stereocenters. The first-order chi connectivity index (χ1) is 7.37. The molecular weight excluding hydrogens is 236 g/mol. The molecule has 8 heteroatoms. The van der Waals surface area contributed by atoms with Crippen LogP contribution in [0.3, 0.4) is 0 Å². The van der Waals surface area contributed by atoms with E-state index in [1.54, 1.807) is 0 Å². The van der Waals surface area contributed by atoms with Crippen molar-refractivity contribution >= 4 is 21.9 Å². The standard InChI is InChI=1S/C8H16N2O5S/c1-2-4-9-7(11)6-10-16(14,15)5-3-8(12)13/h10H,2-6H2,1H3,(H,9,11)(H,12,13). The van der Waals surface area contributed by atoms with Crippen molar-refractivity contribution in [3.63, 3.8) is 0 Å². The summed E-state index contributed by atoms with van der Waals surface area (Å²) in [6.07, 6.45) is 0.281. The molecule has 0 aliphatic heterocycles. The first-order valence-corrected chi connectivity index (χ1v) is 6.48. The number of hydrogen-bond donors (Lipinski definition) is 3. The third kappa shape index (κ3) is 8.18. The molecule has 16 heavy (non-hydrogen) atoms. The van der Waals surface area contributed by atoms with Crippen LogP contribution in [-0.2, 0) is 19.6 Å². The summed E-state index contributed by atoms with van der Waals surface area (Å²) in [6.45, 7) is 1.99. The Kier molecular flexibility index (Phi) is 6.66. The molecule has 0 fully saturated rings. The fraction of sp³-hybridized carbons (Fsp3) is 0.750. The van der Waals surface area contributed by atoms with Crippen molar-refractivity contribution in [3.05, 3.63) is 0 Å². The van der Waals surface area contributed by atoms with Crippen LogP contribution in [0.4, 0.5) is 0 Å². The monoisotopic (exact) mass is 252 g/mol. The van der Waals surface area contributed by atoms with E-state index in [0.717, 1.165) is 6.42 Å². The molecule has 0 aromatic carbocycles. The van der Waals surface area contributed by atoms with Gasteiger partial charge in [0, 0.05) is 6.54 Å². The number of amides is 1. The van der Waals surface area contributed by atoms with E-state index < -0.39 is 34.1 Å². The topological polar surface area (TPSA) is 113 Å². The lowest BCUT2D eigenvalue weighted by Crippen LogP contribution is -2.38. The summed E-state index contributed by atoms with van der Waals surface area (Å²) in [5.41, 5.74) is 0. The van der Waals surface area contributed by atoms with Gasteiger partial charge in [-0.25, -0.2) is 13.1 Å². The van der Waals surface area contributed by atoms with Gasteiger partial charge in [-0.2, -0.15) is 0 Å². The lowest BCUT2D eigenvalue weighted by Gasteiger charge is -2.05. The highest BCUT2D eigenvalue weighted by Crippen LogP contribution is 1.89. The minimum atomic E-state index is -3.69. The van der Waals surface area contributed by atoms with Gasteiger partial charge in [0.25, 0.3) is 0 Å². The molecule has 0 aliphatic carbocycles. The fourth-order valence-corrected chi connectivity index (χ4v) is 1.73. The van der Waals surface area contributed by atoms with Gasteiger partial charge in [-0.05, 0) is 6.42 Å². The number of carboxylic acid groups (broad SMARTS) is 1. The van der Waals surface area contributed by atoms with Crippen molar-refractivity contribution in [3.8, 4) is 0 Å². The summed E-state index contributed by atoms with van der Waals surface area (Å²) in [6, 6.07) is 0. The molecule has 0 bridgehead atoms. The summed E-state index contributed by atoms with van der Waals surface area (Å²) in [5.74, 6) is -2.15. The zero-order valence-electron chi connectivity index (χ0n) is 9.02. The maximum absolute atomic E-state index is 11.2. The number of carboxylic acids is 1. The van der Waals surface area contributed by atoms with Crippen LogP contribution < -0.4 is 10.0 Å². The van der Waals surface area contributed by atoms with Crippen molar-refractivity contribution in [1.29, 1.82) is 0 Å². The molecule has 7 nitrogen and oxygen atoms in total. The van der Waals surface area contributed by atoms with Crippen molar-refractivity contribution < 1.29 is 23.1 Å². The van der Waals surface area contributed by atoms with Gasteiger partial charge < -0.3 is 10.4 Å². The van der Waals surface area contributed by atoms with E-state index in [0.29, 0.717) is 6.54 Å². The highest BCUT2D eigenvalue weighted by molar-refractivity contribution is 7.89. The zero-order chi connectivity index (χ0) is 12.6. The summed E-state index contributed by atoms with van der Waals surface area (Å²) < 4.78 is 24.3. The van der Waals surface area contributed by atoms with Crippen molar-refractivity contribution in [2.75, 3.05) is 18.8 Å². The Balaban J connectivity index is 3.90. The lowest BCUT2D eigenvalue weighted by molar-refractivity contribution is -0.136. The van der Waals surface area contributed by atoms with Crippen molar-refractivity contribution in [2.24, 2.45) is 0 Å². The molecule has 94 valence electrons. The lowest BCUT2D eigenvalue weighted by atomic mass is 10.5. The predicted molar refractivity (Wildman–Crippen MR) is 57.3 cm³/mol. The summed E-state index contributed by atoms with van der Waals surface area (Å²) >= 11 is 0. The van der Waals surface area contributed by atoms with Gasteiger partial charge in [-0.1, -0.05) is 6.92 Å². The molecule has 3 N–H and O–H groups in total. The van der Waals surface area contributed by atoms with E-state index in [9.17, 15) is 18.0 Å². The van der Waals surface area contributed by atoms with Gasteiger partial charge in [0.2, 0.25) is 15.9 Å². The number of carbonyl (C=O) groups excluding carboxylic acids is 1. The third-order valence-electron chi connectivity index (χ3n) is 1.61. The summed E-state index contributed by atoms with van der Waals surface area (Å²) in [4.78, 5) is 21.2. The largest absolute Gasteiger partial charge is 0.481 e. The van der Waals surface area contributed by atoms with E-state index in [2.05, 4.69) is 5.32 Å². The van der Waals surface area contributed by atoms with Crippen LogP contribution in [0.25, 0.3) is 0 Å². The number of rotatable bonds is 8. The second kappa shape index (κ2) is 7.18. The van der Waals surface area contributed by atoms with Gasteiger partial charge in [-0.15, -0.1) is 0 Å². The maximum atomic E-state index is 11.2. The zero-order valence-corrected chi connectivity index (χ0v) is 9.84. The quantitative estimate of drug-likeness (QED) is 0.508. The Morgan fingerprint density at radius 3 is 2.44 bits per heavy atom. The molecule has 0 radical (unpaired) electrons. The Labute approximate surface area is 94.3 Å². The van der Waals surface area contributed by atoms with Crippen LogP contribution in [0.2, 0.25) is 0 Å². The van der Waals surface area contributed by atoms with E-state index >= 15 is 0 Å². The average Bonchev–Trinajstić information content (AvgIpc) is 2.21. The average molecular weight is 252 g/mol. The SMILES string of the molecule is CCCNC(=O)CNS(=O)(=O)CCC(=O)O. The van der Waals surface area contributed by atoms with Gasteiger partial charge in [0.05, 0.1) is 18.7 Å². The molecule has 0 aromatic heterocycles. The molecule has 0 aromatic rings. The Morgan fingerprint density at radius 2 is 1.94 bits per heavy atom. The number of aliphatic carboxylic acids is 1. The molecule has 0 unspecified atom stereocenters. The van der Waals surface area contributed by atoms with Crippen LogP contribution >= 0.6 is 0 Å². The summed E-state index contributed by atoms with van der Waals surface area (Å²) in [7, 11) is -3.69. The number of hydrogen-bond acceptors (Lipinski definition) is 4.